The summed E-state index contributed by atoms with van der Waals surface area (Å²) in [4.78, 5) is 11.8. The molecule has 1 N–H and O–H groups in total. The van der Waals surface area contributed by atoms with Crippen LogP contribution in [0.15, 0.2) is 12.1 Å². The Kier molecular flexibility index (Phi) is 5.48. The highest BCUT2D eigenvalue weighted by atomic mass is 35.5. The lowest BCUT2D eigenvalue weighted by molar-refractivity contribution is -0.121. The van der Waals surface area contributed by atoms with Gasteiger partial charge in [0.05, 0.1) is 18.6 Å². The molecule has 18 heavy (non-hydrogen) atoms. The van der Waals surface area contributed by atoms with E-state index in [4.69, 9.17) is 16.3 Å². The van der Waals surface area contributed by atoms with Crippen LogP contribution in [-0.4, -0.2) is 19.1 Å². The first kappa shape index (κ1) is 14.8. The van der Waals surface area contributed by atoms with Crippen molar-refractivity contribution in [3.63, 3.8) is 0 Å². The second-order valence-electron chi connectivity index (χ2n) is 4.47. The first-order chi connectivity index (χ1) is 8.47. The molecule has 0 saturated carbocycles. The molecule has 0 saturated heterocycles. The Bertz CT molecular complexity index is 432. The van der Waals surface area contributed by atoms with Crippen molar-refractivity contribution < 1.29 is 9.53 Å². The third-order valence-electron chi connectivity index (χ3n) is 2.98. The first-order valence-corrected chi connectivity index (χ1v) is 6.48. The lowest BCUT2D eigenvalue weighted by Crippen LogP contribution is -2.33. The number of halogens is 1. The molecule has 0 aromatic heterocycles. The Balaban J connectivity index is 2.79. The minimum atomic E-state index is 0.0219. The van der Waals surface area contributed by atoms with Gasteiger partial charge in [-0.05, 0) is 43.5 Å². The molecule has 0 aliphatic carbocycles. The van der Waals surface area contributed by atoms with E-state index in [9.17, 15) is 4.79 Å². The number of aryl methyl sites for hydroxylation is 1. The van der Waals surface area contributed by atoms with E-state index in [0.29, 0.717) is 17.2 Å². The van der Waals surface area contributed by atoms with Crippen LogP contribution in [-0.2, 0) is 11.2 Å². The average Bonchev–Trinajstić information content (AvgIpc) is 2.33. The van der Waals surface area contributed by atoms with Gasteiger partial charge in [0, 0.05) is 6.04 Å². The number of amides is 1. The zero-order valence-electron chi connectivity index (χ0n) is 11.3. The number of carbonyl (C=O) groups is 1. The van der Waals surface area contributed by atoms with E-state index >= 15 is 0 Å². The van der Waals surface area contributed by atoms with Crippen molar-refractivity contribution in [1.82, 2.24) is 5.32 Å². The van der Waals surface area contributed by atoms with E-state index < -0.39 is 0 Å². The maximum absolute atomic E-state index is 11.8. The normalized spacial score (nSPS) is 12.1. The fraction of sp³-hybridized carbons (Fsp3) is 0.500. The summed E-state index contributed by atoms with van der Waals surface area (Å²) >= 11 is 6.06. The van der Waals surface area contributed by atoms with Crippen molar-refractivity contribution >= 4 is 17.5 Å². The average molecular weight is 270 g/mol. The summed E-state index contributed by atoms with van der Waals surface area (Å²) in [5, 5.41) is 3.48. The number of methoxy groups -OCH3 is 1. The van der Waals surface area contributed by atoms with Gasteiger partial charge in [-0.1, -0.05) is 18.5 Å². The quantitative estimate of drug-likeness (QED) is 0.892. The standard InChI is InChI=1S/C14H20ClNO2/c1-5-10(3)16-14(17)8-11-7-12(15)13(18-4)6-9(11)2/h6-7,10H,5,8H2,1-4H3,(H,16,17). The molecule has 1 amide bonds. The van der Waals surface area contributed by atoms with Gasteiger partial charge in [0.1, 0.15) is 5.75 Å². The molecule has 1 aromatic carbocycles. The molecule has 4 heteroatoms. The van der Waals surface area contributed by atoms with Crippen LogP contribution in [0.1, 0.15) is 31.4 Å². The van der Waals surface area contributed by atoms with Crippen molar-refractivity contribution in [2.45, 2.75) is 39.7 Å². The van der Waals surface area contributed by atoms with Gasteiger partial charge in [-0.2, -0.15) is 0 Å². The maximum atomic E-state index is 11.8. The summed E-state index contributed by atoms with van der Waals surface area (Å²) in [6, 6.07) is 3.85. The van der Waals surface area contributed by atoms with E-state index in [1.54, 1.807) is 13.2 Å². The van der Waals surface area contributed by atoms with Crippen LogP contribution >= 0.6 is 11.6 Å². The minimum Gasteiger partial charge on any atom is -0.495 e. The SMILES string of the molecule is CCC(C)NC(=O)Cc1cc(Cl)c(OC)cc1C. The molecule has 0 heterocycles. The van der Waals surface area contributed by atoms with E-state index in [2.05, 4.69) is 5.32 Å². The third kappa shape index (κ3) is 3.91. The van der Waals surface area contributed by atoms with Crippen LogP contribution in [0.5, 0.6) is 5.75 Å². The summed E-state index contributed by atoms with van der Waals surface area (Å²) in [5.41, 5.74) is 1.94. The summed E-state index contributed by atoms with van der Waals surface area (Å²) in [5.74, 6) is 0.661. The zero-order valence-corrected chi connectivity index (χ0v) is 12.1. The van der Waals surface area contributed by atoms with Crippen molar-refractivity contribution in [3.8, 4) is 5.75 Å². The molecule has 0 aliphatic rings. The van der Waals surface area contributed by atoms with Crippen LogP contribution in [0.25, 0.3) is 0 Å². The van der Waals surface area contributed by atoms with Crippen LogP contribution in [0.3, 0.4) is 0 Å². The van der Waals surface area contributed by atoms with Gasteiger partial charge in [-0.25, -0.2) is 0 Å². The van der Waals surface area contributed by atoms with Gasteiger partial charge in [-0.15, -0.1) is 0 Å². The molecule has 1 rings (SSSR count). The van der Waals surface area contributed by atoms with Crippen LogP contribution in [0, 0.1) is 6.92 Å². The van der Waals surface area contributed by atoms with Gasteiger partial charge < -0.3 is 10.1 Å². The molecule has 0 aliphatic heterocycles. The fourth-order valence-electron chi connectivity index (χ4n) is 1.64. The van der Waals surface area contributed by atoms with Gasteiger partial charge >= 0.3 is 0 Å². The second kappa shape index (κ2) is 6.64. The van der Waals surface area contributed by atoms with Gasteiger partial charge in [0.2, 0.25) is 5.91 Å². The van der Waals surface area contributed by atoms with E-state index in [1.165, 1.54) is 0 Å². The number of benzene rings is 1. The number of ether oxygens (including phenoxy) is 1. The molecule has 100 valence electrons. The van der Waals surface area contributed by atoms with E-state index in [1.807, 2.05) is 26.8 Å². The Morgan fingerprint density at radius 3 is 2.72 bits per heavy atom. The highest BCUT2D eigenvalue weighted by molar-refractivity contribution is 6.32. The summed E-state index contributed by atoms with van der Waals surface area (Å²) in [6.07, 6.45) is 1.27. The number of carbonyl (C=O) groups excluding carboxylic acids is 1. The van der Waals surface area contributed by atoms with E-state index in [0.717, 1.165) is 17.5 Å². The Morgan fingerprint density at radius 2 is 2.17 bits per heavy atom. The number of hydrogen-bond donors (Lipinski definition) is 1. The molecule has 0 fully saturated rings. The highest BCUT2D eigenvalue weighted by Gasteiger charge is 2.11. The van der Waals surface area contributed by atoms with Gasteiger partial charge in [0.15, 0.2) is 0 Å². The maximum Gasteiger partial charge on any atom is 0.224 e. The highest BCUT2D eigenvalue weighted by Crippen LogP contribution is 2.28. The smallest absolute Gasteiger partial charge is 0.224 e. The molecule has 0 radical (unpaired) electrons. The molecular formula is C14H20ClNO2. The largest absolute Gasteiger partial charge is 0.495 e. The number of hydrogen-bond acceptors (Lipinski definition) is 2. The first-order valence-electron chi connectivity index (χ1n) is 6.10. The number of nitrogens with one attached hydrogen (secondary N) is 1. The fourth-order valence-corrected chi connectivity index (χ4v) is 1.91. The third-order valence-corrected chi connectivity index (χ3v) is 3.28. The Morgan fingerprint density at radius 1 is 1.50 bits per heavy atom. The Labute approximate surface area is 113 Å². The van der Waals surface area contributed by atoms with Crippen molar-refractivity contribution in [2.75, 3.05) is 7.11 Å². The molecule has 3 nitrogen and oxygen atoms in total. The predicted octanol–water partition coefficient (Wildman–Crippen LogP) is 3.11. The van der Waals surface area contributed by atoms with Crippen LogP contribution in [0.2, 0.25) is 5.02 Å². The Hall–Kier alpha value is -1.22. The van der Waals surface area contributed by atoms with Crippen molar-refractivity contribution in [3.05, 3.63) is 28.3 Å². The zero-order chi connectivity index (χ0) is 13.7. The molecule has 1 atom stereocenters. The monoisotopic (exact) mass is 269 g/mol. The lowest BCUT2D eigenvalue weighted by atomic mass is 10.0. The topological polar surface area (TPSA) is 38.3 Å². The second-order valence-corrected chi connectivity index (χ2v) is 4.87. The predicted molar refractivity (Wildman–Crippen MR) is 74.3 cm³/mol. The molecule has 1 unspecified atom stereocenters. The summed E-state index contributed by atoms with van der Waals surface area (Å²) in [7, 11) is 1.58. The van der Waals surface area contributed by atoms with E-state index in [-0.39, 0.29) is 11.9 Å². The summed E-state index contributed by atoms with van der Waals surface area (Å²) < 4.78 is 5.14. The minimum absolute atomic E-state index is 0.0219. The molecular weight excluding hydrogens is 250 g/mol. The number of rotatable bonds is 5. The van der Waals surface area contributed by atoms with Crippen LogP contribution in [0.4, 0.5) is 0 Å². The molecule has 0 spiro atoms. The van der Waals surface area contributed by atoms with Gasteiger partial charge in [0.25, 0.3) is 0 Å². The molecule has 0 bridgehead atoms. The van der Waals surface area contributed by atoms with Crippen molar-refractivity contribution in [2.24, 2.45) is 0 Å². The lowest BCUT2D eigenvalue weighted by Gasteiger charge is -2.13. The molecule has 1 aromatic rings. The summed E-state index contributed by atoms with van der Waals surface area (Å²) in [6.45, 7) is 5.98. The van der Waals surface area contributed by atoms with Crippen molar-refractivity contribution in [1.29, 1.82) is 0 Å². The van der Waals surface area contributed by atoms with Crippen LogP contribution < -0.4 is 10.1 Å². The van der Waals surface area contributed by atoms with Gasteiger partial charge in [-0.3, -0.25) is 4.79 Å².